The number of nitrogens with zero attached hydrogens (tertiary/aromatic N) is 3. The first-order chi connectivity index (χ1) is 15.8. The fourth-order valence-electron chi connectivity index (χ4n) is 4.39. The molecule has 33 heavy (non-hydrogen) atoms. The summed E-state index contributed by atoms with van der Waals surface area (Å²) in [4.78, 5) is 18.8. The van der Waals surface area contributed by atoms with Gasteiger partial charge >= 0.3 is 5.97 Å². The van der Waals surface area contributed by atoms with Crippen molar-refractivity contribution in [1.29, 1.82) is 0 Å². The summed E-state index contributed by atoms with van der Waals surface area (Å²) in [5, 5.41) is 14.8. The Kier molecular flexibility index (Phi) is 6.58. The van der Waals surface area contributed by atoms with Gasteiger partial charge in [-0.25, -0.2) is 0 Å². The van der Waals surface area contributed by atoms with Crippen molar-refractivity contribution in [3.63, 3.8) is 0 Å². The number of esters is 1. The van der Waals surface area contributed by atoms with Crippen molar-refractivity contribution in [1.82, 2.24) is 19.8 Å². The molecule has 7 nitrogen and oxygen atoms in total. The molecular weight excluding hydrogens is 460 g/mol. The zero-order chi connectivity index (χ0) is 23.7. The molecule has 0 unspecified atom stereocenters. The first-order valence-corrected chi connectivity index (χ1v) is 11.4. The number of carbonyl (C=O) groups excluding carboxylic acids is 1. The van der Waals surface area contributed by atoms with Crippen LogP contribution in [0.3, 0.4) is 0 Å². The lowest BCUT2D eigenvalue weighted by atomic mass is 9.97. The van der Waals surface area contributed by atoms with Gasteiger partial charge in [0.25, 0.3) is 0 Å². The zero-order valence-corrected chi connectivity index (χ0v) is 20.2. The van der Waals surface area contributed by atoms with Crippen molar-refractivity contribution in [2.24, 2.45) is 0 Å². The van der Waals surface area contributed by atoms with Crippen molar-refractivity contribution in [3.05, 3.63) is 76.3 Å². The summed E-state index contributed by atoms with van der Waals surface area (Å²) >= 11 is 11.8. The highest BCUT2D eigenvalue weighted by molar-refractivity contribution is 7.80. The van der Waals surface area contributed by atoms with E-state index in [0.717, 1.165) is 22.6 Å². The number of rotatable bonds is 6. The molecule has 2 atom stereocenters. The second-order valence-corrected chi connectivity index (χ2v) is 8.68. The number of halogens is 1. The smallest absolute Gasteiger partial charge is 0.325 e. The third-order valence-electron chi connectivity index (χ3n) is 5.77. The van der Waals surface area contributed by atoms with E-state index in [2.05, 4.69) is 10.3 Å². The van der Waals surface area contributed by atoms with Gasteiger partial charge in [0.2, 0.25) is 0 Å². The predicted molar refractivity (Wildman–Crippen MR) is 131 cm³/mol. The largest absolute Gasteiger partial charge is 0.506 e. The van der Waals surface area contributed by atoms with Crippen molar-refractivity contribution < 1.29 is 14.6 Å². The molecule has 2 aromatic heterocycles. The maximum Gasteiger partial charge on any atom is 0.325 e. The first kappa shape index (κ1) is 23.1. The third kappa shape index (κ3) is 4.41. The Bertz CT molecular complexity index is 1200. The molecular formula is C24H25ClN4O3S. The molecule has 4 rings (SSSR count). The number of carbonyl (C=O) groups is 1. The Labute approximate surface area is 203 Å². The maximum absolute atomic E-state index is 12.4. The highest BCUT2D eigenvalue weighted by Crippen LogP contribution is 2.42. The Morgan fingerprint density at radius 2 is 2.06 bits per heavy atom. The standard InChI is InChI=1S/C24H25ClN4O3S/c1-4-32-21(31)13-28-23(22(27-24(28)33)18-7-5-6-10-26-18)17-11-14(2)29(15(17)3)19-12-16(25)8-9-20(19)30/h5-12,22-23,30H,4,13H2,1-3H3,(H,27,33)/t22-,23-/m1/s1. The van der Waals surface area contributed by atoms with Gasteiger partial charge in [0.15, 0.2) is 5.11 Å². The number of phenolic OH excluding ortho intramolecular Hbond substituents is 1. The number of nitrogens with one attached hydrogen (secondary N) is 1. The van der Waals surface area contributed by atoms with E-state index in [9.17, 15) is 9.90 Å². The number of phenols is 1. The van der Waals surface area contributed by atoms with E-state index in [4.69, 9.17) is 28.6 Å². The molecule has 2 N–H and O–H groups in total. The topological polar surface area (TPSA) is 79.6 Å². The highest BCUT2D eigenvalue weighted by atomic mass is 35.5. The van der Waals surface area contributed by atoms with Gasteiger partial charge in [0, 0.05) is 22.6 Å². The molecule has 0 amide bonds. The van der Waals surface area contributed by atoms with Crippen LogP contribution in [-0.2, 0) is 9.53 Å². The summed E-state index contributed by atoms with van der Waals surface area (Å²) < 4.78 is 7.15. The summed E-state index contributed by atoms with van der Waals surface area (Å²) in [5.41, 5.74) is 4.17. The van der Waals surface area contributed by atoms with Gasteiger partial charge in [0.05, 0.1) is 30.1 Å². The van der Waals surface area contributed by atoms with Crippen LogP contribution in [-0.4, -0.2) is 43.8 Å². The Morgan fingerprint density at radius 1 is 1.27 bits per heavy atom. The molecule has 3 aromatic rings. The van der Waals surface area contributed by atoms with E-state index in [1.165, 1.54) is 0 Å². The summed E-state index contributed by atoms with van der Waals surface area (Å²) in [7, 11) is 0. The second-order valence-electron chi connectivity index (χ2n) is 7.85. The molecule has 0 radical (unpaired) electrons. The molecule has 0 bridgehead atoms. The lowest BCUT2D eigenvalue weighted by molar-refractivity contribution is -0.143. The maximum atomic E-state index is 12.4. The predicted octanol–water partition coefficient (Wildman–Crippen LogP) is 4.38. The van der Waals surface area contributed by atoms with Crippen LogP contribution in [0.25, 0.3) is 5.69 Å². The molecule has 1 fully saturated rings. The lowest BCUT2D eigenvalue weighted by Gasteiger charge is -2.27. The number of hydrogen-bond acceptors (Lipinski definition) is 5. The minimum atomic E-state index is -0.352. The zero-order valence-electron chi connectivity index (χ0n) is 18.6. The van der Waals surface area contributed by atoms with Gasteiger partial charge in [0.1, 0.15) is 12.3 Å². The number of thiocarbonyl (C=S) groups is 1. The van der Waals surface area contributed by atoms with Gasteiger partial charge < -0.3 is 24.6 Å². The molecule has 9 heteroatoms. The van der Waals surface area contributed by atoms with E-state index in [0.29, 0.717) is 22.4 Å². The van der Waals surface area contributed by atoms with Crippen molar-refractivity contribution >= 4 is 34.9 Å². The molecule has 0 aliphatic carbocycles. The van der Waals surface area contributed by atoms with Crippen molar-refractivity contribution in [2.75, 3.05) is 13.2 Å². The van der Waals surface area contributed by atoms with Crippen LogP contribution in [0.2, 0.25) is 5.02 Å². The summed E-state index contributed by atoms with van der Waals surface area (Å²) in [6.45, 7) is 6.02. The van der Waals surface area contributed by atoms with Gasteiger partial charge in [-0.15, -0.1) is 0 Å². The fraction of sp³-hybridized carbons (Fsp3) is 0.292. The normalized spacial score (nSPS) is 17.8. The number of aryl methyl sites for hydroxylation is 1. The minimum Gasteiger partial charge on any atom is -0.506 e. The van der Waals surface area contributed by atoms with Crippen molar-refractivity contribution in [2.45, 2.75) is 32.9 Å². The summed E-state index contributed by atoms with van der Waals surface area (Å²) in [6.07, 6.45) is 1.73. The third-order valence-corrected chi connectivity index (χ3v) is 6.36. The molecule has 0 saturated carbocycles. The molecule has 0 spiro atoms. The van der Waals surface area contributed by atoms with E-state index >= 15 is 0 Å². The van der Waals surface area contributed by atoms with Crippen LogP contribution in [0.4, 0.5) is 0 Å². The van der Waals surface area contributed by atoms with Crippen LogP contribution < -0.4 is 5.32 Å². The molecule has 1 aliphatic rings. The SMILES string of the molecule is CCOC(=O)CN1C(=S)N[C@H](c2ccccn2)[C@H]1c1cc(C)n(-c2cc(Cl)ccc2O)c1C. The Morgan fingerprint density at radius 3 is 2.76 bits per heavy atom. The Balaban J connectivity index is 1.84. The van der Waals surface area contributed by atoms with Gasteiger partial charge in [-0.3, -0.25) is 9.78 Å². The second kappa shape index (κ2) is 9.41. The number of benzene rings is 1. The average molecular weight is 485 g/mol. The highest BCUT2D eigenvalue weighted by Gasteiger charge is 2.42. The van der Waals surface area contributed by atoms with E-state index in [1.54, 1.807) is 31.3 Å². The number of aromatic nitrogens is 2. The van der Waals surface area contributed by atoms with E-state index < -0.39 is 0 Å². The molecule has 3 heterocycles. The quantitative estimate of drug-likeness (QED) is 0.397. The summed E-state index contributed by atoms with van der Waals surface area (Å²) in [6, 6.07) is 12.1. The molecule has 1 aliphatic heterocycles. The van der Waals surface area contributed by atoms with Crippen LogP contribution in [0.1, 0.15) is 41.7 Å². The monoisotopic (exact) mass is 484 g/mol. The minimum absolute atomic E-state index is 0.0136. The van der Waals surface area contributed by atoms with Crippen LogP contribution >= 0.6 is 23.8 Å². The van der Waals surface area contributed by atoms with E-state index in [1.807, 2.05) is 47.6 Å². The fourth-order valence-corrected chi connectivity index (χ4v) is 4.86. The summed E-state index contributed by atoms with van der Waals surface area (Å²) in [5.74, 6) is -0.230. The molecule has 1 saturated heterocycles. The van der Waals surface area contributed by atoms with Gasteiger partial charge in [-0.2, -0.15) is 0 Å². The molecule has 1 aromatic carbocycles. The molecule has 172 valence electrons. The lowest BCUT2D eigenvalue weighted by Crippen LogP contribution is -2.35. The number of ether oxygens (including phenoxy) is 1. The van der Waals surface area contributed by atoms with Gasteiger partial charge in [-0.1, -0.05) is 17.7 Å². The number of aromatic hydroxyl groups is 1. The van der Waals surface area contributed by atoms with Gasteiger partial charge in [-0.05, 0) is 75.0 Å². The number of hydrogen-bond donors (Lipinski definition) is 2. The van der Waals surface area contributed by atoms with Crippen LogP contribution in [0.5, 0.6) is 5.75 Å². The van der Waals surface area contributed by atoms with E-state index in [-0.39, 0.29) is 30.3 Å². The number of pyridine rings is 1. The first-order valence-electron chi connectivity index (χ1n) is 10.6. The van der Waals surface area contributed by atoms with Crippen LogP contribution in [0.15, 0.2) is 48.7 Å². The average Bonchev–Trinajstić information content (AvgIpc) is 3.26. The van der Waals surface area contributed by atoms with Crippen molar-refractivity contribution in [3.8, 4) is 11.4 Å². The Hall–Kier alpha value is -3.10. The van der Waals surface area contributed by atoms with Crippen LogP contribution in [0, 0.1) is 13.8 Å².